The zero-order valence-corrected chi connectivity index (χ0v) is 26.8. The monoisotopic (exact) mass is 550 g/mol. The Labute approximate surface area is 245 Å². The Morgan fingerprint density at radius 3 is 2.58 bits per heavy atom. The molecule has 0 aromatic carbocycles. The van der Waals surface area contributed by atoms with Crippen LogP contribution >= 0.6 is 0 Å². The number of carbonyl (C=O) groups excluding carboxylic acids is 1. The molecular formula is C35H58N4O. The number of nitrogens with one attached hydrogen (secondary N) is 3. The number of aryl methyl sites for hydroxylation is 1. The van der Waals surface area contributed by atoms with Gasteiger partial charge < -0.3 is 20.5 Å². The maximum Gasteiger partial charge on any atom is 0.228 e. The minimum Gasteiger partial charge on any atom is -0.361 e. The van der Waals surface area contributed by atoms with Crippen molar-refractivity contribution in [3.05, 3.63) is 66.1 Å². The first-order valence-corrected chi connectivity index (χ1v) is 15.5. The number of aromatic amines is 1. The Morgan fingerprint density at radius 1 is 1.27 bits per heavy atom. The molecule has 1 aromatic heterocycles. The number of aromatic nitrogens is 1. The Kier molecular flexibility index (Phi) is 13.7. The van der Waals surface area contributed by atoms with Gasteiger partial charge in [-0.1, -0.05) is 78.0 Å². The highest BCUT2D eigenvalue weighted by atomic mass is 16.2. The van der Waals surface area contributed by atoms with Gasteiger partial charge in [-0.05, 0) is 80.5 Å². The van der Waals surface area contributed by atoms with E-state index in [2.05, 4.69) is 95.6 Å². The van der Waals surface area contributed by atoms with E-state index in [0.717, 1.165) is 51.7 Å². The van der Waals surface area contributed by atoms with Crippen molar-refractivity contribution in [1.29, 1.82) is 0 Å². The molecule has 0 radical (unpaired) electrons. The van der Waals surface area contributed by atoms with Crippen molar-refractivity contribution in [3.63, 3.8) is 0 Å². The highest BCUT2D eigenvalue weighted by molar-refractivity contribution is 5.82. The lowest BCUT2D eigenvalue weighted by molar-refractivity contribution is -0.141. The molecule has 2 unspecified atom stereocenters. The first-order valence-electron chi connectivity index (χ1n) is 15.5. The van der Waals surface area contributed by atoms with Crippen molar-refractivity contribution in [1.82, 2.24) is 20.5 Å². The van der Waals surface area contributed by atoms with E-state index in [1.165, 1.54) is 34.4 Å². The van der Waals surface area contributed by atoms with Gasteiger partial charge in [-0.2, -0.15) is 0 Å². The maximum absolute atomic E-state index is 13.6. The number of amides is 1. The van der Waals surface area contributed by atoms with Crippen molar-refractivity contribution in [2.75, 3.05) is 26.7 Å². The first kappa shape index (κ1) is 33.8. The fourth-order valence-electron chi connectivity index (χ4n) is 5.78. The molecule has 3 atom stereocenters. The minimum absolute atomic E-state index is 0.200. The van der Waals surface area contributed by atoms with Crippen molar-refractivity contribution in [2.24, 2.45) is 11.3 Å². The summed E-state index contributed by atoms with van der Waals surface area (Å²) in [6.07, 6.45) is 16.2. The van der Waals surface area contributed by atoms with Crippen LogP contribution in [0, 0.1) is 11.3 Å². The topological polar surface area (TPSA) is 60.2 Å². The van der Waals surface area contributed by atoms with Crippen LogP contribution in [-0.4, -0.2) is 54.6 Å². The number of carbonyl (C=O) groups is 1. The van der Waals surface area contributed by atoms with E-state index in [0.29, 0.717) is 17.9 Å². The average Bonchev–Trinajstić information content (AvgIpc) is 3.60. The molecule has 5 nitrogen and oxygen atoms in total. The smallest absolute Gasteiger partial charge is 0.228 e. The third-order valence-corrected chi connectivity index (χ3v) is 8.47. The van der Waals surface area contributed by atoms with E-state index >= 15 is 0 Å². The predicted molar refractivity (Wildman–Crippen MR) is 174 cm³/mol. The molecular weight excluding hydrogens is 492 g/mol. The third-order valence-electron chi connectivity index (χ3n) is 8.47. The largest absolute Gasteiger partial charge is 0.361 e. The van der Waals surface area contributed by atoms with Gasteiger partial charge in [-0.15, -0.1) is 6.58 Å². The molecule has 3 N–H and O–H groups in total. The van der Waals surface area contributed by atoms with Gasteiger partial charge in [-0.25, -0.2) is 0 Å². The minimum atomic E-state index is -0.449. The summed E-state index contributed by atoms with van der Waals surface area (Å²) in [5, 5.41) is 7.28. The Morgan fingerprint density at radius 2 is 2.00 bits per heavy atom. The molecule has 0 spiro atoms. The van der Waals surface area contributed by atoms with Crippen LogP contribution in [0.4, 0.5) is 0 Å². The second-order valence-electron chi connectivity index (χ2n) is 12.8. The highest BCUT2D eigenvalue weighted by Crippen LogP contribution is 2.35. The van der Waals surface area contributed by atoms with Crippen LogP contribution in [0.3, 0.4) is 0 Å². The lowest BCUT2D eigenvalue weighted by atomic mass is 9.82. The van der Waals surface area contributed by atoms with Gasteiger partial charge in [0.05, 0.1) is 0 Å². The zero-order valence-electron chi connectivity index (χ0n) is 26.8. The second-order valence-corrected chi connectivity index (χ2v) is 12.8. The lowest BCUT2D eigenvalue weighted by Crippen LogP contribution is -2.44. The van der Waals surface area contributed by atoms with Gasteiger partial charge in [0.15, 0.2) is 0 Å². The van der Waals surface area contributed by atoms with Crippen LogP contribution in [0.5, 0.6) is 0 Å². The number of allylic oxidation sites excluding steroid dienone is 5. The molecule has 40 heavy (non-hydrogen) atoms. The van der Waals surface area contributed by atoms with Gasteiger partial charge in [0, 0.05) is 49.5 Å². The van der Waals surface area contributed by atoms with E-state index in [4.69, 9.17) is 0 Å². The van der Waals surface area contributed by atoms with Crippen LogP contribution in [0.1, 0.15) is 103 Å². The summed E-state index contributed by atoms with van der Waals surface area (Å²) < 4.78 is 0. The van der Waals surface area contributed by atoms with Crippen LogP contribution in [-0.2, 0) is 11.2 Å². The van der Waals surface area contributed by atoms with Gasteiger partial charge in [0.25, 0.3) is 0 Å². The van der Waals surface area contributed by atoms with Crippen molar-refractivity contribution in [3.8, 4) is 0 Å². The fraction of sp³-hybridized carbons (Fsp3) is 0.629. The Balaban J connectivity index is 2.38. The zero-order chi connectivity index (χ0) is 29.9. The molecule has 2 heterocycles. The standard InChI is InChI=1S/C35H58N4O/c1-11-14-31(13-3)39(10)34(40)35(8,9)19-17-29-23-38-33(28(21-25(4)5)16-15-26(6)12-2)32(29)27(7)22-37-30-18-20-36-24-30/h11-12,15,21,23,25,27,30-31,36-38H,1-2,13-14,16-20,22,24H2,3-10H3/b26-15-,28-21+/t27-,30?,31?/m1/s1. The number of hydrogen-bond donors (Lipinski definition) is 3. The molecule has 1 aliphatic rings. The quantitative estimate of drug-likeness (QED) is 0.140. The SMILES string of the molecule is C=CCC(CC)N(C)C(=O)C(C)(C)CCc1c[nH]c(/C(=C/C(C)C)C/C=C(/C)C=C)c1[C@H](C)CNC1CCNC1. The van der Waals surface area contributed by atoms with E-state index in [9.17, 15) is 4.79 Å². The molecule has 2 rings (SSSR count). The summed E-state index contributed by atoms with van der Waals surface area (Å²) in [6, 6.07) is 0.733. The van der Waals surface area contributed by atoms with Crippen LogP contribution in [0.25, 0.3) is 5.57 Å². The van der Waals surface area contributed by atoms with Crippen molar-refractivity contribution >= 4 is 11.5 Å². The molecule has 5 heteroatoms. The molecule has 1 saturated heterocycles. The molecule has 1 fully saturated rings. The first-order chi connectivity index (χ1) is 18.9. The summed E-state index contributed by atoms with van der Waals surface area (Å²) in [7, 11) is 1.95. The van der Waals surface area contributed by atoms with E-state index in [1.54, 1.807) is 0 Å². The number of H-pyrrole nitrogens is 1. The van der Waals surface area contributed by atoms with Gasteiger partial charge in [0.2, 0.25) is 5.91 Å². The average molecular weight is 551 g/mol. The second kappa shape index (κ2) is 16.2. The molecule has 1 amide bonds. The Bertz CT molecular complexity index is 1020. The molecule has 0 aliphatic carbocycles. The van der Waals surface area contributed by atoms with E-state index < -0.39 is 5.41 Å². The summed E-state index contributed by atoms with van der Waals surface area (Å²) in [6.45, 7) is 26.2. The van der Waals surface area contributed by atoms with Crippen LogP contribution in [0.2, 0.25) is 0 Å². The van der Waals surface area contributed by atoms with Crippen LogP contribution in [0.15, 0.2) is 49.2 Å². The number of rotatable bonds is 17. The maximum atomic E-state index is 13.6. The number of nitrogens with zero attached hydrogens (tertiary/aromatic N) is 1. The highest BCUT2D eigenvalue weighted by Gasteiger charge is 2.33. The number of hydrogen-bond acceptors (Lipinski definition) is 3. The van der Waals surface area contributed by atoms with Gasteiger partial charge in [-0.3, -0.25) is 4.79 Å². The Hall–Kier alpha value is -2.37. The van der Waals surface area contributed by atoms with Crippen LogP contribution < -0.4 is 10.6 Å². The van der Waals surface area contributed by atoms with E-state index in [-0.39, 0.29) is 11.9 Å². The molecule has 224 valence electrons. The van der Waals surface area contributed by atoms with Gasteiger partial charge in [0.1, 0.15) is 0 Å². The normalized spacial score (nSPS) is 18.2. The van der Waals surface area contributed by atoms with E-state index in [1.807, 2.05) is 24.1 Å². The molecule has 0 bridgehead atoms. The lowest BCUT2D eigenvalue weighted by Gasteiger charge is -2.34. The van der Waals surface area contributed by atoms with Gasteiger partial charge >= 0.3 is 0 Å². The summed E-state index contributed by atoms with van der Waals surface area (Å²) in [4.78, 5) is 19.2. The van der Waals surface area contributed by atoms with Crippen molar-refractivity contribution < 1.29 is 4.79 Å². The summed E-state index contributed by atoms with van der Waals surface area (Å²) in [5.41, 5.74) is 6.04. The molecule has 1 aromatic rings. The van der Waals surface area contributed by atoms with Crippen molar-refractivity contribution in [2.45, 2.75) is 105 Å². The summed E-state index contributed by atoms with van der Waals surface area (Å²) >= 11 is 0. The molecule has 0 saturated carbocycles. The third kappa shape index (κ3) is 9.62. The predicted octanol–water partition coefficient (Wildman–Crippen LogP) is 7.40. The molecule has 1 aliphatic heterocycles. The summed E-state index contributed by atoms with van der Waals surface area (Å²) in [5.74, 6) is 1.00. The fourth-order valence-corrected chi connectivity index (χ4v) is 5.78.